The lowest BCUT2D eigenvalue weighted by Gasteiger charge is -2.44. The summed E-state index contributed by atoms with van der Waals surface area (Å²) < 4.78 is 20.1. The van der Waals surface area contributed by atoms with Crippen LogP contribution in [0.4, 0.5) is 4.39 Å². The second-order valence-corrected chi connectivity index (χ2v) is 9.23. The molecule has 8 heteroatoms. The molecule has 30 heavy (non-hydrogen) atoms. The van der Waals surface area contributed by atoms with Gasteiger partial charge in [0, 0.05) is 37.3 Å². The molecular weight excluding hydrogens is 519 g/mol. The van der Waals surface area contributed by atoms with E-state index in [1.54, 1.807) is 24.3 Å². The second-order valence-electron chi connectivity index (χ2n) is 7.52. The zero-order chi connectivity index (χ0) is 21.8. The maximum atomic E-state index is 13.1. The Morgan fingerprint density at radius 1 is 1.13 bits per heavy atom. The summed E-state index contributed by atoms with van der Waals surface area (Å²) in [6.07, 6.45) is 0.749. The van der Waals surface area contributed by atoms with Crippen molar-refractivity contribution in [3.8, 4) is 5.75 Å². The standard InChI is InChI=1S/C22H23Br2FN2O3/c1-14-10-27(15(2)9-26(14)11-16-3-5-18(25)6-4-16)21(29)13-30-22-19(23)7-17(12-28)8-20(22)24/h3-8,12,14-15H,9-11,13H2,1-2H3/t14-,15+/m1/s1. The number of amides is 1. The molecule has 1 aliphatic heterocycles. The molecule has 0 radical (unpaired) electrons. The first-order valence-corrected chi connectivity index (χ1v) is 11.2. The van der Waals surface area contributed by atoms with E-state index in [-0.39, 0.29) is 30.4 Å². The van der Waals surface area contributed by atoms with Gasteiger partial charge >= 0.3 is 0 Å². The van der Waals surface area contributed by atoms with Gasteiger partial charge in [-0.15, -0.1) is 0 Å². The summed E-state index contributed by atoms with van der Waals surface area (Å²) >= 11 is 6.76. The Morgan fingerprint density at radius 3 is 2.37 bits per heavy atom. The van der Waals surface area contributed by atoms with Crippen LogP contribution in [0.5, 0.6) is 5.75 Å². The number of rotatable bonds is 6. The Morgan fingerprint density at radius 2 is 1.77 bits per heavy atom. The summed E-state index contributed by atoms with van der Waals surface area (Å²) in [6, 6.07) is 10.0. The zero-order valence-corrected chi connectivity index (χ0v) is 19.9. The van der Waals surface area contributed by atoms with Crippen LogP contribution in [0.25, 0.3) is 0 Å². The molecule has 3 rings (SSSR count). The maximum absolute atomic E-state index is 13.1. The summed E-state index contributed by atoms with van der Waals surface area (Å²) in [5.74, 6) is 0.160. The van der Waals surface area contributed by atoms with Crippen LogP contribution in [0.1, 0.15) is 29.8 Å². The van der Waals surface area contributed by atoms with Crippen molar-refractivity contribution in [2.75, 3.05) is 19.7 Å². The SMILES string of the molecule is C[C@@H]1CN(C(=O)COc2c(Br)cc(C=O)cc2Br)[C@@H](C)CN1Cc1ccc(F)cc1. The van der Waals surface area contributed by atoms with Crippen LogP contribution in [0.15, 0.2) is 45.3 Å². The van der Waals surface area contributed by atoms with Crippen molar-refractivity contribution in [3.63, 3.8) is 0 Å². The predicted octanol–water partition coefficient (Wildman–Crippen LogP) is 4.66. The molecule has 0 aromatic heterocycles. The highest BCUT2D eigenvalue weighted by molar-refractivity contribution is 9.11. The van der Waals surface area contributed by atoms with Gasteiger partial charge in [0.25, 0.3) is 5.91 Å². The highest BCUT2D eigenvalue weighted by Gasteiger charge is 2.32. The third-order valence-electron chi connectivity index (χ3n) is 5.23. The predicted molar refractivity (Wildman–Crippen MR) is 120 cm³/mol. The summed E-state index contributed by atoms with van der Waals surface area (Å²) in [4.78, 5) is 27.9. The van der Waals surface area contributed by atoms with E-state index in [0.717, 1.165) is 18.4 Å². The molecule has 0 bridgehead atoms. The monoisotopic (exact) mass is 540 g/mol. The highest BCUT2D eigenvalue weighted by Crippen LogP contribution is 2.34. The fourth-order valence-electron chi connectivity index (χ4n) is 3.59. The van der Waals surface area contributed by atoms with Crippen molar-refractivity contribution in [3.05, 3.63) is 62.3 Å². The van der Waals surface area contributed by atoms with Gasteiger partial charge in [0.05, 0.1) is 8.95 Å². The first-order chi connectivity index (χ1) is 14.3. The lowest BCUT2D eigenvalue weighted by atomic mass is 10.1. The molecule has 1 aliphatic rings. The number of benzene rings is 2. The number of hydrogen-bond acceptors (Lipinski definition) is 4. The third kappa shape index (κ3) is 5.47. The first kappa shape index (κ1) is 22.9. The van der Waals surface area contributed by atoms with Crippen molar-refractivity contribution in [2.45, 2.75) is 32.5 Å². The van der Waals surface area contributed by atoms with E-state index < -0.39 is 0 Å². The molecule has 0 spiro atoms. The van der Waals surface area contributed by atoms with Gasteiger partial charge in [-0.1, -0.05) is 12.1 Å². The van der Waals surface area contributed by atoms with Gasteiger partial charge in [0.2, 0.25) is 0 Å². The van der Waals surface area contributed by atoms with Crippen molar-refractivity contribution >= 4 is 44.1 Å². The van der Waals surface area contributed by atoms with Gasteiger partial charge < -0.3 is 9.64 Å². The molecule has 0 unspecified atom stereocenters. The van der Waals surface area contributed by atoms with E-state index in [1.165, 1.54) is 12.1 Å². The lowest BCUT2D eigenvalue weighted by molar-refractivity contribution is -0.139. The highest BCUT2D eigenvalue weighted by atomic mass is 79.9. The average Bonchev–Trinajstić information content (AvgIpc) is 2.71. The van der Waals surface area contributed by atoms with Gasteiger partial charge in [-0.3, -0.25) is 14.5 Å². The lowest BCUT2D eigenvalue weighted by Crippen LogP contribution is -2.58. The molecule has 1 saturated heterocycles. The topological polar surface area (TPSA) is 49.9 Å². The van der Waals surface area contributed by atoms with Crippen molar-refractivity contribution in [1.82, 2.24) is 9.80 Å². The van der Waals surface area contributed by atoms with E-state index in [2.05, 4.69) is 43.7 Å². The van der Waals surface area contributed by atoms with Crippen LogP contribution in [-0.2, 0) is 11.3 Å². The average molecular weight is 542 g/mol. The largest absolute Gasteiger partial charge is 0.481 e. The molecular formula is C22H23Br2FN2O3. The number of carbonyl (C=O) groups is 2. The van der Waals surface area contributed by atoms with Crippen molar-refractivity contribution < 1.29 is 18.7 Å². The van der Waals surface area contributed by atoms with Crippen LogP contribution in [0.2, 0.25) is 0 Å². The van der Waals surface area contributed by atoms with Crippen LogP contribution in [0, 0.1) is 5.82 Å². The fraction of sp³-hybridized carbons (Fsp3) is 0.364. The molecule has 5 nitrogen and oxygen atoms in total. The number of nitrogens with zero attached hydrogens (tertiary/aromatic N) is 2. The number of carbonyl (C=O) groups excluding carboxylic acids is 2. The van der Waals surface area contributed by atoms with E-state index in [1.807, 2.05) is 11.8 Å². The van der Waals surface area contributed by atoms with Gasteiger partial charge in [0.15, 0.2) is 6.61 Å². The van der Waals surface area contributed by atoms with Gasteiger partial charge in [-0.25, -0.2) is 4.39 Å². The summed E-state index contributed by atoms with van der Waals surface area (Å²) in [5.41, 5.74) is 1.55. The van der Waals surface area contributed by atoms with Crippen LogP contribution in [-0.4, -0.2) is 53.8 Å². The Labute approximate surface area is 192 Å². The Kier molecular flexibility index (Phi) is 7.65. The minimum atomic E-state index is -0.241. The number of ether oxygens (including phenoxy) is 1. The number of aldehydes is 1. The van der Waals surface area contributed by atoms with Crippen molar-refractivity contribution in [2.24, 2.45) is 0 Å². The minimum absolute atomic E-state index is 0.0297. The molecule has 0 aliphatic carbocycles. The van der Waals surface area contributed by atoms with E-state index in [0.29, 0.717) is 33.3 Å². The molecule has 0 saturated carbocycles. The van der Waals surface area contributed by atoms with Crippen LogP contribution < -0.4 is 4.74 Å². The van der Waals surface area contributed by atoms with E-state index in [4.69, 9.17) is 4.74 Å². The number of piperazine rings is 1. The maximum Gasteiger partial charge on any atom is 0.260 e. The fourth-order valence-corrected chi connectivity index (χ4v) is 5.04. The van der Waals surface area contributed by atoms with Crippen molar-refractivity contribution in [1.29, 1.82) is 0 Å². The summed E-state index contributed by atoms with van der Waals surface area (Å²) in [6.45, 7) is 6.05. The Balaban J connectivity index is 1.60. The quantitative estimate of drug-likeness (QED) is 0.499. The molecule has 2 atom stereocenters. The Bertz CT molecular complexity index is 900. The Hall–Kier alpha value is -1.77. The van der Waals surface area contributed by atoms with Gasteiger partial charge in [-0.05, 0) is 75.5 Å². The number of halogens is 3. The molecule has 0 N–H and O–H groups in total. The molecule has 1 fully saturated rings. The van der Waals surface area contributed by atoms with E-state index in [9.17, 15) is 14.0 Å². The normalized spacial score (nSPS) is 19.6. The third-order valence-corrected chi connectivity index (χ3v) is 6.41. The van der Waals surface area contributed by atoms with E-state index >= 15 is 0 Å². The zero-order valence-electron chi connectivity index (χ0n) is 16.8. The summed E-state index contributed by atoms with van der Waals surface area (Å²) in [7, 11) is 0. The second kappa shape index (κ2) is 10.0. The molecule has 160 valence electrons. The summed E-state index contributed by atoms with van der Waals surface area (Å²) in [5, 5.41) is 0. The van der Waals surface area contributed by atoms with Crippen LogP contribution >= 0.6 is 31.9 Å². The minimum Gasteiger partial charge on any atom is -0.481 e. The molecule has 2 aromatic carbocycles. The first-order valence-electron chi connectivity index (χ1n) is 9.63. The molecule has 2 aromatic rings. The van der Waals surface area contributed by atoms with Gasteiger partial charge in [0.1, 0.15) is 17.9 Å². The number of hydrogen-bond donors (Lipinski definition) is 0. The van der Waals surface area contributed by atoms with Crippen LogP contribution in [0.3, 0.4) is 0 Å². The smallest absolute Gasteiger partial charge is 0.260 e. The van der Waals surface area contributed by atoms with Gasteiger partial charge in [-0.2, -0.15) is 0 Å². The molecule has 1 amide bonds. The molecule has 1 heterocycles.